The van der Waals surface area contributed by atoms with Crippen molar-refractivity contribution in [3.63, 3.8) is 0 Å². The number of nitrogens with two attached hydrogens (primary N) is 1. The van der Waals surface area contributed by atoms with Crippen molar-refractivity contribution < 1.29 is 8.42 Å². The Morgan fingerprint density at radius 1 is 1.18 bits per heavy atom. The van der Waals surface area contributed by atoms with Crippen LogP contribution in [0.1, 0.15) is 4.88 Å². The summed E-state index contributed by atoms with van der Waals surface area (Å²) in [4.78, 5) is 1.11. The molecule has 0 bridgehead atoms. The van der Waals surface area contributed by atoms with Gasteiger partial charge in [0.2, 0.25) is 0 Å². The predicted molar refractivity (Wildman–Crippen MR) is 73.8 cm³/mol. The van der Waals surface area contributed by atoms with Crippen LogP contribution in [0.15, 0.2) is 45.1 Å². The molecule has 0 radical (unpaired) electrons. The highest BCUT2D eigenvalue weighted by Gasteiger charge is 2.17. The van der Waals surface area contributed by atoms with Crippen molar-refractivity contribution in [1.82, 2.24) is 0 Å². The summed E-state index contributed by atoms with van der Waals surface area (Å²) in [6.45, 7) is 0. The topological polar surface area (TPSA) is 60.2 Å². The van der Waals surface area contributed by atoms with Gasteiger partial charge in [0.25, 0.3) is 0 Å². The lowest BCUT2D eigenvalue weighted by atomic mass is 10.3. The zero-order chi connectivity index (χ0) is 12.5. The van der Waals surface area contributed by atoms with Crippen LogP contribution < -0.4 is 5.73 Å². The Morgan fingerprint density at radius 2 is 1.82 bits per heavy atom. The zero-order valence-corrected chi connectivity index (χ0v) is 12.0. The van der Waals surface area contributed by atoms with Crippen LogP contribution in [0.5, 0.6) is 0 Å². The molecule has 1 aromatic carbocycles. The molecule has 0 aliphatic heterocycles. The molecule has 0 saturated heterocycles. The van der Waals surface area contributed by atoms with Crippen LogP contribution in [0.2, 0.25) is 0 Å². The minimum atomic E-state index is -3.30. The number of thiophene rings is 1. The van der Waals surface area contributed by atoms with Crippen molar-refractivity contribution in [2.24, 2.45) is 0 Å². The minimum absolute atomic E-state index is 0.00910. The standard InChI is InChI=1S/C11H10BrNO2S2/c12-10-5-6-16-11(10)7-17(14,15)9-3-1-8(13)2-4-9/h1-6H,7,13H2. The molecule has 1 aromatic heterocycles. The normalized spacial score (nSPS) is 11.6. The fourth-order valence-corrected chi connectivity index (χ4v) is 4.78. The first-order valence-corrected chi connectivity index (χ1v) is 8.12. The number of hydrogen-bond donors (Lipinski definition) is 1. The number of hydrogen-bond acceptors (Lipinski definition) is 4. The van der Waals surface area contributed by atoms with Crippen molar-refractivity contribution in [3.8, 4) is 0 Å². The molecule has 6 heteroatoms. The highest BCUT2D eigenvalue weighted by atomic mass is 79.9. The Morgan fingerprint density at radius 3 is 2.35 bits per heavy atom. The Labute approximate surface area is 112 Å². The molecule has 90 valence electrons. The van der Waals surface area contributed by atoms with Gasteiger partial charge >= 0.3 is 0 Å². The van der Waals surface area contributed by atoms with Gasteiger partial charge in [-0.3, -0.25) is 0 Å². The average Bonchev–Trinajstić information content (AvgIpc) is 2.64. The fourth-order valence-electron chi connectivity index (χ4n) is 1.36. The van der Waals surface area contributed by atoms with Crippen molar-refractivity contribution in [3.05, 3.63) is 45.1 Å². The van der Waals surface area contributed by atoms with E-state index in [9.17, 15) is 8.42 Å². The number of sulfone groups is 1. The van der Waals surface area contributed by atoms with Gasteiger partial charge in [-0.1, -0.05) is 0 Å². The molecule has 0 saturated carbocycles. The zero-order valence-electron chi connectivity index (χ0n) is 8.76. The van der Waals surface area contributed by atoms with Gasteiger partial charge in [-0.25, -0.2) is 8.42 Å². The Kier molecular flexibility index (Phi) is 3.56. The summed E-state index contributed by atoms with van der Waals surface area (Å²) in [5, 5.41) is 1.86. The van der Waals surface area contributed by atoms with E-state index in [1.165, 1.54) is 23.5 Å². The van der Waals surface area contributed by atoms with Crippen molar-refractivity contribution >= 4 is 42.8 Å². The van der Waals surface area contributed by atoms with Gasteiger partial charge in [0.1, 0.15) is 0 Å². The number of nitrogen functional groups attached to an aromatic ring is 1. The smallest absolute Gasteiger partial charge is 0.183 e. The van der Waals surface area contributed by atoms with Crippen LogP contribution in [0.3, 0.4) is 0 Å². The second-order valence-corrected chi connectivity index (χ2v) is 7.36. The molecule has 0 aliphatic carbocycles. The highest BCUT2D eigenvalue weighted by molar-refractivity contribution is 9.10. The summed E-state index contributed by atoms with van der Waals surface area (Å²) in [6.07, 6.45) is 0. The third-order valence-electron chi connectivity index (χ3n) is 2.25. The fraction of sp³-hybridized carbons (Fsp3) is 0.0909. The number of rotatable bonds is 3. The molecule has 0 aliphatic rings. The predicted octanol–water partition coefficient (Wildman–Crippen LogP) is 3.07. The molecular weight excluding hydrogens is 322 g/mol. The van der Waals surface area contributed by atoms with Gasteiger partial charge in [-0.05, 0) is 51.6 Å². The molecule has 3 nitrogen and oxygen atoms in total. The lowest BCUT2D eigenvalue weighted by molar-refractivity contribution is 0.595. The first kappa shape index (κ1) is 12.6. The molecule has 2 aromatic rings. The lowest BCUT2D eigenvalue weighted by Crippen LogP contribution is -2.04. The third-order valence-corrected chi connectivity index (χ3v) is 6.02. The van der Waals surface area contributed by atoms with Crippen LogP contribution in [0, 0.1) is 0 Å². The van der Waals surface area contributed by atoms with E-state index in [4.69, 9.17) is 5.73 Å². The Balaban J connectivity index is 2.31. The summed E-state index contributed by atoms with van der Waals surface area (Å²) < 4.78 is 25.1. The van der Waals surface area contributed by atoms with Gasteiger partial charge in [0.05, 0.1) is 10.6 Å². The largest absolute Gasteiger partial charge is 0.399 e. The second-order valence-electron chi connectivity index (χ2n) is 3.52. The van der Waals surface area contributed by atoms with Crippen LogP contribution in [-0.2, 0) is 15.6 Å². The van der Waals surface area contributed by atoms with Crippen LogP contribution in [0.4, 0.5) is 5.69 Å². The van der Waals surface area contributed by atoms with Crippen LogP contribution in [0.25, 0.3) is 0 Å². The van der Waals surface area contributed by atoms with E-state index in [0.717, 1.165) is 9.35 Å². The molecule has 0 fully saturated rings. The summed E-state index contributed by atoms with van der Waals surface area (Å²) in [6, 6.07) is 8.10. The van der Waals surface area contributed by atoms with Gasteiger partial charge in [0, 0.05) is 15.0 Å². The van der Waals surface area contributed by atoms with Gasteiger partial charge in [-0.15, -0.1) is 11.3 Å². The second kappa shape index (κ2) is 4.80. The van der Waals surface area contributed by atoms with Crippen molar-refractivity contribution in [1.29, 1.82) is 0 Å². The molecule has 2 N–H and O–H groups in total. The molecule has 1 heterocycles. The summed E-state index contributed by atoms with van der Waals surface area (Å²) >= 11 is 4.75. The first-order chi connectivity index (χ1) is 7.99. The molecule has 0 atom stereocenters. The SMILES string of the molecule is Nc1ccc(S(=O)(=O)Cc2sccc2Br)cc1. The maximum absolute atomic E-state index is 12.1. The highest BCUT2D eigenvalue weighted by Crippen LogP contribution is 2.27. The molecular formula is C11H10BrNO2S2. The molecule has 2 rings (SSSR count). The molecule has 0 unspecified atom stereocenters. The van der Waals surface area contributed by atoms with Crippen LogP contribution >= 0.6 is 27.3 Å². The maximum atomic E-state index is 12.1. The van der Waals surface area contributed by atoms with Crippen molar-refractivity contribution in [2.45, 2.75) is 10.6 Å². The van der Waals surface area contributed by atoms with Gasteiger partial charge < -0.3 is 5.73 Å². The monoisotopic (exact) mass is 331 g/mol. The quantitative estimate of drug-likeness (QED) is 0.879. The van der Waals surface area contributed by atoms with Crippen LogP contribution in [-0.4, -0.2) is 8.42 Å². The van der Waals surface area contributed by atoms with Gasteiger partial charge in [0.15, 0.2) is 9.84 Å². The van der Waals surface area contributed by atoms with Gasteiger partial charge in [-0.2, -0.15) is 0 Å². The van der Waals surface area contributed by atoms with E-state index in [-0.39, 0.29) is 5.75 Å². The Hall–Kier alpha value is -0.850. The maximum Gasteiger partial charge on any atom is 0.183 e. The van der Waals surface area contributed by atoms with E-state index in [0.29, 0.717) is 10.6 Å². The van der Waals surface area contributed by atoms with E-state index < -0.39 is 9.84 Å². The van der Waals surface area contributed by atoms with Crippen molar-refractivity contribution in [2.75, 3.05) is 5.73 Å². The Bertz CT molecular complexity index is 617. The van der Waals surface area contributed by atoms with E-state index >= 15 is 0 Å². The molecule has 17 heavy (non-hydrogen) atoms. The summed E-state index contributed by atoms with van der Waals surface area (Å²) in [7, 11) is -3.30. The summed E-state index contributed by atoms with van der Waals surface area (Å²) in [5.41, 5.74) is 6.09. The van der Waals surface area contributed by atoms with E-state index in [2.05, 4.69) is 15.9 Å². The number of halogens is 1. The summed E-state index contributed by atoms with van der Waals surface area (Å²) in [5.74, 6) is 0.00910. The number of benzene rings is 1. The van der Waals surface area contributed by atoms with E-state index in [1.807, 2.05) is 11.4 Å². The number of anilines is 1. The molecule has 0 amide bonds. The first-order valence-electron chi connectivity index (χ1n) is 4.79. The minimum Gasteiger partial charge on any atom is -0.399 e. The van der Waals surface area contributed by atoms with E-state index in [1.54, 1.807) is 12.1 Å². The average molecular weight is 332 g/mol. The third kappa shape index (κ3) is 2.88. The lowest BCUT2D eigenvalue weighted by Gasteiger charge is -2.04. The molecule has 0 spiro atoms.